The second-order valence-corrected chi connectivity index (χ2v) is 8.22. The van der Waals surface area contributed by atoms with Gasteiger partial charge in [0, 0.05) is 44.3 Å². The largest absolute Gasteiger partial charge is 0.395 e. The fourth-order valence-corrected chi connectivity index (χ4v) is 4.04. The number of hydrogen-bond donors (Lipinski definition) is 4. The first-order valence-electron chi connectivity index (χ1n) is 11.0. The molecule has 0 bridgehead atoms. The Labute approximate surface area is 184 Å². The highest BCUT2D eigenvalue weighted by molar-refractivity contribution is 5.94. The third-order valence-electron chi connectivity index (χ3n) is 5.66. The number of amides is 2. The lowest BCUT2D eigenvalue weighted by Crippen LogP contribution is -2.48. The molecule has 1 unspecified atom stereocenters. The molecule has 0 radical (unpaired) electrons. The second-order valence-electron chi connectivity index (χ2n) is 8.22. The zero-order chi connectivity index (χ0) is 22.1. The van der Waals surface area contributed by atoms with Gasteiger partial charge in [-0.1, -0.05) is 48.5 Å². The van der Waals surface area contributed by atoms with Crippen molar-refractivity contribution in [3.63, 3.8) is 0 Å². The minimum absolute atomic E-state index is 0.0954. The van der Waals surface area contributed by atoms with Gasteiger partial charge in [0.1, 0.15) is 0 Å². The zero-order valence-electron chi connectivity index (χ0n) is 18.2. The van der Waals surface area contributed by atoms with Crippen LogP contribution < -0.4 is 10.6 Å². The normalized spacial score (nSPS) is 16.3. The molecule has 7 nitrogen and oxygen atoms in total. The van der Waals surface area contributed by atoms with E-state index in [4.69, 9.17) is 5.11 Å². The van der Waals surface area contributed by atoms with E-state index in [1.165, 1.54) is 0 Å². The van der Waals surface area contributed by atoms with Crippen molar-refractivity contribution in [1.82, 2.24) is 15.1 Å². The molecule has 2 aromatic carbocycles. The van der Waals surface area contributed by atoms with Gasteiger partial charge in [0.15, 0.2) is 0 Å². The third kappa shape index (κ3) is 7.33. The van der Waals surface area contributed by atoms with E-state index in [-0.39, 0.29) is 18.7 Å². The van der Waals surface area contributed by atoms with Crippen molar-refractivity contribution in [2.24, 2.45) is 0 Å². The number of likely N-dealkylation sites (tertiary alicyclic amines) is 1. The van der Waals surface area contributed by atoms with Crippen molar-refractivity contribution in [2.75, 3.05) is 51.7 Å². The zero-order valence-corrected chi connectivity index (χ0v) is 18.2. The maximum absolute atomic E-state index is 12.6. The number of benzene rings is 2. The summed E-state index contributed by atoms with van der Waals surface area (Å²) >= 11 is 0. The second kappa shape index (κ2) is 11.8. The molecule has 31 heavy (non-hydrogen) atoms. The van der Waals surface area contributed by atoms with Crippen LogP contribution in [0, 0.1) is 0 Å². The number of nitrogens with one attached hydrogen (secondary N) is 2. The Bertz CT molecular complexity index is 809. The summed E-state index contributed by atoms with van der Waals surface area (Å²) in [5, 5.41) is 25.3. The first kappa shape index (κ1) is 23.2. The highest BCUT2D eigenvalue weighted by Crippen LogP contribution is 2.27. The molecular formula is C24H34N4O3. The number of aliphatic hydroxyl groups is 2. The summed E-state index contributed by atoms with van der Waals surface area (Å²) in [5.41, 5.74) is 2.85. The van der Waals surface area contributed by atoms with E-state index in [9.17, 15) is 9.90 Å². The number of likely N-dealkylation sites (N-methyl/N-ethyl adjacent to an activating group) is 1. The van der Waals surface area contributed by atoms with Gasteiger partial charge in [-0.15, -0.1) is 0 Å². The number of carbonyl (C=O) groups is 1. The number of urea groups is 1. The van der Waals surface area contributed by atoms with Crippen LogP contribution in [0.1, 0.15) is 12.8 Å². The number of hydrogen-bond acceptors (Lipinski definition) is 5. The van der Waals surface area contributed by atoms with Gasteiger partial charge in [-0.3, -0.25) is 0 Å². The monoisotopic (exact) mass is 426 g/mol. The van der Waals surface area contributed by atoms with Gasteiger partial charge in [-0.05, 0) is 31.5 Å². The Morgan fingerprint density at radius 3 is 2.52 bits per heavy atom. The molecular weight excluding hydrogens is 392 g/mol. The number of rotatable bonds is 9. The van der Waals surface area contributed by atoms with E-state index >= 15 is 0 Å². The molecule has 0 aromatic heterocycles. The van der Waals surface area contributed by atoms with E-state index in [2.05, 4.69) is 15.5 Å². The van der Waals surface area contributed by atoms with Crippen molar-refractivity contribution in [3.05, 3.63) is 54.6 Å². The van der Waals surface area contributed by atoms with Gasteiger partial charge in [0.05, 0.1) is 18.4 Å². The van der Waals surface area contributed by atoms with E-state index in [0.29, 0.717) is 19.6 Å². The molecule has 7 heteroatoms. The van der Waals surface area contributed by atoms with Gasteiger partial charge in [0.25, 0.3) is 0 Å². The van der Waals surface area contributed by atoms with E-state index in [1.807, 2.05) is 66.5 Å². The number of piperidine rings is 1. The predicted octanol–water partition coefficient (Wildman–Crippen LogP) is 2.22. The van der Waals surface area contributed by atoms with Crippen LogP contribution >= 0.6 is 0 Å². The molecule has 2 aromatic rings. The topological polar surface area (TPSA) is 88.1 Å². The highest BCUT2D eigenvalue weighted by atomic mass is 16.3. The average molecular weight is 427 g/mol. The summed E-state index contributed by atoms with van der Waals surface area (Å²) in [6, 6.07) is 17.8. The number of β-amino-alcohol motifs (C(OH)–C–C–N with tert-alkyl or cyclic N) is 1. The van der Waals surface area contributed by atoms with Gasteiger partial charge in [-0.2, -0.15) is 0 Å². The molecule has 1 aliphatic rings. The van der Waals surface area contributed by atoms with Crippen molar-refractivity contribution in [2.45, 2.75) is 25.0 Å². The molecule has 3 rings (SSSR count). The molecule has 1 aliphatic heterocycles. The van der Waals surface area contributed by atoms with Crippen LogP contribution in [0.3, 0.4) is 0 Å². The molecule has 0 aliphatic carbocycles. The number of aliphatic hydroxyl groups excluding tert-OH is 2. The fourth-order valence-electron chi connectivity index (χ4n) is 4.04. The minimum atomic E-state index is -0.446. The van der Waals surface area contributed by atoms with Gasteiger partial charge < -0.3 is 30.6 Å². The molecule has 1 heterocycles. The summed E-state index contributed by atoms with van der Waals surface area (Å²) < 4.78 is 0. The van der Waals surface area contributed by atoms with Crippen LogP contribution in [-0.2, 0) is 0 Å². The first-order valence-corrected chi connectivity index (χ1v) is 11.0. The van der Waals surface area contributed by atoms with Crippen LogP contribution in [0.15, 0.2) is 54.6 Å². The standard InChI is InChI=1S/C24H34N4O3/c1-27(15-16-29)17-21(30)18-28-13-11-20(12-14-28)25-24(31)26-23-10-6-5-9-22(23)19-7-3-2-4-8-19/h2-10,20-21,29-30H,11-18H2,1H3,(H2,25,26,31). The average Bonchev–Trinajstić information content (AvgIpc) is 2.76. The van der Waals surface area contributed by atoms with Crippen molar-refractivity contribution in [3.8, 4) is 11.1 Å². The Morgan fingerprint density at radius 1 is 1.13 bits per heavy atom. The number of carbonyl (C=O) groups excluding carboxylic acids is 1. The first-order chi connectivity index (χ1) is 15.0. The van der Waals surface area contributed by atoms with Crippen molar-refractivity contribution < 1.29 is 15.0 Å². The summed E-state index contributed by atoms with van der Waals surface area (Å²) in [4.78, 5) is 16.8. The Kier molecular flexibility index (Phi) is 8.85. The smallest absolute Gasteiger partial charge is 0.319 e. The summed E-state index contributed by atoms with van der Waals surface area (Å²) in [6.07, 6.45) is 1.26. The molecule has 0 spiro atoms. The van der Waals surface area contributed by atoms with E-state index in [0.717, 1.165) is 42.7 Å². The van der Waals surface area contributed by atoms with E-state index < -0.39 is 6.10 Å². The van der Waals surface area contributed by atoms with Crippen molar-refractivity contribution in [1.29, 1.82) is 0 Å². The van der Waals surface area contributed by atoms with Crippen LogP contribution in [0.25, 0.3) is 11.1 Å². The molecule has 2 amide bonds. The highest BCUT2D eigenvalue weighted by Gasteiger charge is 2.23. The van der Waals surface area contributed by atoms with Gasteiger partial charge in [0.2, 0.25) is 0 Å². The molecule has 4 N–H and O–H groups in total. The number of nitrogens with zero attached hydrogens (tertiary/aromatic N) is 2. The summed E-state index contributed by atoms with van der Waals surface area (Å²) in [6.45, 7) is 3.49. The fraction of sp³-hybridized carbons (Fsp3) is 0.458. The lowest BCUT2D eigenvalue weighted by molar-refractivity contribution is 0.0660. The maximum Gasteiger partial charge on any atom is 0.319 e. The molecule has 168 valence electrons. The van der Waals surface area contributed by atoms with Gasteiger partial charge in [-0.25, -0.2) is 4.79 Å². The Hall–Kier alpha value is -2.45. The molecule has 1 saturated heterocycles. The predicted molar refractivity (Wildman–Crippen MR) is 124 cm³/mol. The van der Waals surface area contributed by atoms with Crippen molar-refractivity contribution >= 4 is 11.7 Å². The van der Waals surface area contributed by atoms with Crippen LogP contribution in [0.5, 0.6) is 0 Å². The minimum Gasteiger partial charge on any atom is -0.395 e. The van der Waals surface area contributed by atoms with Gasteiger partial charge >= 0.3 is 6.03 Å². The quantitative estimate of drug-likeness (QED) is 0.494. The lowest BCUT2D eigenvalue weighted by Gasteiger charge is -2.34. The third-order valence-corrected chi connectivity index (χ3v) is 5.66. The lowest BCUT2D eigenvalue weighted by atomic mass is 10.0. The van der Waals surface area contributed by atoms with E-state index in [1.54, 1.807) is 0 Å². The molecule has 0 saturated carbocycles. The Morgan fingerprint density at radius 2 is 1.81 bits per heavy atom. The van der Waals surface area contributed by atoms with Crippen LogP contribution in [0.2, 0.25) is 0 Å². The molecule has 1 fully saturated rings. The summed E-state index contributed by atoms with van der Waals surface area (Å²) in [5.74, 6) is 0. The SMILES string of the molecule is CN(CCO)CC(O)CN1CCC(NC(=O)Nc2ccccc2-c2ccccc2)CC1. The number of para-hydroxylation sites is 1. The van der Waals surface area contributed by atoms with Crippen LogP contribution in [-0.4, -0.2) is 84.6 Å². The number of anilines is 1. The molecule has 1 atom stereocenters. The Balaban J connectivity index is 1.45. The van der Waals surface area contributed by atoms with Crippen LogP contribution in [0.4, 0.5) is 10.5 Å². The summed E-state index contributed by atoms with van der Waals surface area (Å²) in [7, 11) is 1.89. The maximum atomic E-state index is 12.6.